The Kier molecular flexibility index (Phi) is 6.75. The van der Waals surface area contributed by atoms with Gasteiger partial charge in [0.15, 0.2) is 0 Å². The molecule has 0 unspecified atom stereocenters. The molecular formula is C26H24N2O3. The van der Waals surface area contributed by atoms with Gasteiger partial charge in [-0.05, 0) is 42.0 Å². The molecule has 0 aliphatic carbocycles. The highest BCUT2D eigenvalue weighted by atomic mass is 16.5. The number of hydrogen-bond donors (Lipinski definition) is 1. The minimum atomic E-state index is -0.0162. The van der Waals surface area contributed by atoms with E-state index < -0.39 is 0 Å². The molecule has 5 nitrogen and oxygen atoms in total. The molecule has 156 valence electrons. The average Bonchev–Trinajstić information content (AvgIpc) is 3.31. The van der Waals surface area contributed by atoms with Gasteiger partial charge in [-0.1, -0.05) is 48.5 Å². The number of aromatic nitrogens is 1. The third kappa shape index (κ3) is 6.06. The Morgan fingerprint density at radius 2 is 1.81 bits per heavy atom. The standard InChI is InChI=1S/C26H24N2O3/c29-26(15-13-23-12-14-25(31-23)21-8-2-1-3-9-21)28-18-20-7-6-11-24(17-20)30-19-22-10-4-5-16-27-22/h1-12,14,16-17H,13,15,18-19H2,(H,28,29). The molecule has 0 aliphatic heterocycles. The molecule has 0 bridgehead atoms. The highest BCUT2D eigenvalue weighted by Crippen LogP contribution is 2.22. The molecule has 1 amide bonds. The lowest BCUT2D eigenvalue weighted by Crippen LogP contribution is -2.22. The third-order valence-corrected chi connectivity index (χ3v) is 4.82. The van der Waals surface area contributed by atoms with Crippen LogP contribution in [-0.2, 0) is 24.4 Å². The molecule has 1 N–H and O–H groups in total. The van der Waals surface area contributed by atoms with Crippen molar-refractivity contribution in [2.45, 2.75) is 26.0 Å². The monoisotopic (exact) mass is 412 g/mol. The fourth-order valence-corrected chi connectivity index (χ4v) is 3.18. The van der Waals surface area contributed by atoms with Gasteiger partial charge in [0.25, 0.3) is 0 Å². The molecule has 2 aromatic heterocycles. The number of benzene rings is 2. The van der Waals surface area contributed by atoms with Gasteiger partial charge in [0.1, 0.15) is 23.9 Å². The second-order valence-electron chi connectivity index (χ2n) is 7.17. The molecule has 4 rings (SSSR count). The topological polar surface area (TPSA) is 64.4 Å². The lowest BCUT2D eigenvalue weighted by atomic mass is 10.2. The van der Waals surface area contributed by atoms with Crippen LogP contribution in [0.5, 0.6) is 5.75 Å². The molecule has 0 radical (unpaired) electrons. The van der Waals surface area contributed by atoms with E-state index in [4.69, 9.17) is 9.15 Å². The van der Waals surface area contributed by atoms with E-state index >= 15 is 0 Å². The molecule has 0 aliphatic rings. The SMILES string of the molecule is O=C(CCc1ccc(-c2ccccc2)o1)NCc1cccc(OCc2ccccn2)c1. The van der Waals surface area contributed by atoms with Gasteiger partial charge < -0.3 is 14.5 Å². The number of nitrogens with one attached hydrogen (secondary N) is 1. The van der Waals surface area contributed by atoms with Gasteiger partial charge in [-0.15, -0.1) is 0 Å². The molecule has 0 spiro atoms. The summed E-state index contributed by atoms with van der Waals surface area (Å²) in [4.78, 5) is 16.5. The largest absolute Gasteiger partial charge is 0.487 e. The van der Waals surface area contributed by atoms with Crippen molar-refractivity contribution in [3.05, 3.63) is 108 Å². The summed E-state index contributed by atoms with van der Waals surface area (Å²) in [5, 5.41) is 2.96. The molecule has 4 aromatic rings. The van der Waals surface area contributed by atoms with Crippen molar-refractivity contribution in [3.63, 3.8) is 0 Å². The number of rotatable bonds is 9. The first kappa shape index (κ1) is 20.4. The quantitative estimate of drug-likeness (QED) is 0.412. The second-order valence-corrected chi connectivity index (χ2v) is 7.17. The van der Waals surface area contributed by atoms with Gasteiger partial charge in [0.05, 0.1) is 5.69 Å². The Morgan fingerprint density at radius 3 is 2.65 bits per heavy atom. The van der Waals surface area contributed by atoms with E-state index in [2.05, 4.69) is 10.3 Å². The molecule has 2 aromatic carbocycles. The van der Waals surface area contributed by atoms with E-state index in [-0.39, 0.29) is 5.91 Å². The summed E-state index contributed by atoms with van der Waals surface area (Å²) in [6, 6.07) is 27.3. The van der Waals surface area contributed by atoms with E-state index in [1.807, 2.05) is 84.9 Å². The van der Waals surface area contributed by atoms with E-state index in [1.165, 1.54) is 0 Å². The number of carbonyl (C=O) groups is 1. The minimum absolute atomic E-state index is 0.0162. The first-order chi connectivity index (χ1) is 15.3. The van der Waals surface area contributed by atoms with Crippen molar-refractivity contribution in [1.82, 2.24) is 10.3 Å². The smallest absolute Gasteiger partial charge is 0.220 e. The normalized spacial score (nSPS) is 10.6. The molecule has 0 saturated carbocycles. The number of ether oxygens (including phenoxy) is 1. The van der Waals surface area contributed by atoms with Gasteiger partial charge in [-0.25, -0.2) is 0 Å². The Balaban J connectivity index is 1.23. The van der Waals surface area contributed by atoms with Crippen molar-refractivity contribution in [1.29, 1.82) is 0 Å². The molecule has 5 heteroatoms. The molecule has 2 heterocycles. The van der Waals surface area contributed by atoms with E-state index in [0.29, 0.717) is 26.0 Å². The Labute approximate surface area is 181 Å². The number of nitrogens with zero attached hydrogens (tertiary/aromatic N) is 1. The maximum Gasteiger partial charge on any atom is 0.220 e. The van der Waals surface area contributed by atoms with E-state index in [9.17, 15) is 4.79 Å². The van der Waals surface area contributed by atoms with Crippen LogP contribution in [0.15, 0.2) is 95.5 Å². The number of hydrogen-bond acceptors (Lipinski definition) is 4. The summed E-state index contributed by atoms with van der Waals surface area (Å²) in [5.74, 6) is 2.36. The van der Waals surface area contributed by atoms with E-state index in [0.717, 1.165) is 34.1 Å². The summed E-state index contributed by atoms with van der Waals surface area (Å²) < 4.78 is 11.7. The van der Waals surface area contributed by atoms with Crippen molar-refractivity contribution < 1.29 is 13.9 Å². The Hall–Kier alpha value is -3.86. The van der Waals surface area contributed by atoms with Crippen LogP contribution in [0.3, 0.4) is 0 Å². The summed E-state index contributed by atoms with van der Waals surface area (Å²) in [6.07, 6.45) is 2.68. The fourth-order valence-electron chi connectivity index (χ4n) is 3.18. The van der Waals surface area contributed by atoms with Crippen molar-refractivity contribution in [2.24, 2.45) is 0 Å². The number of pyridine rings is 1. The van der Waals surface area contributed by atoms with Gasteiger partial charge in [-0.3, -0.25) is 9.78 Å². The maximum atomic E-state index is 12.3. The summed E-state index contributed by atoms with van der Waals surface area (Å²) >= 11 is 0. The molecule has 0 fully saturated rings. The maximum absolute atomic E-state index is 12.3. The zero-order valence-corrected chi connectivity index (χ0v) is 17.2. The number of amides is 1. The third-order valence-electron chi connectivity index (χ3n) is 4.82. The minimum Gasteiger partial charge on any atom is -0.487 e. The van der Waals surface area contributed by atoms with Crippen LogP contribution in [0.4, 0.5) is 0 Å². The van der Waals surface area contributed by atoms with Crippen molar-refractivity contribution in [3.8, 4) is 17.1 Å². The van der Waals surface area contributed by atoms with E-state index in [1.54, 1.807) is 6.20 Å². The highest BCUT2D eigenvalue weighted by Gasteiger charge is 2.08. The second kappa shape index (κ2) is 10.3. The van der Waals surface area contributed by atoms with Crippen LogP contribution in [-0.4, -0.2) is 10.9 Å². The molecule has 0 saturated heterocycles. The highest BCUT2D eigenvalue weighted by molar-refractivity contribution is 5.76. The van der Waals surface area contributed by atoms with Gasteiger partial charge in [0, 0.05) is 31.1 Å². The van der Waals surface area contributed by atoms with Crippen LogP contribution < -0.4 is 10.1 Å². The molecular weight excluding hydrogens is 388 g/mol. The average molecular weight is 412 g/mol. The number of aryl methyl sites for hydroxylation is 1. The first-order valence-electron chi connectivity index (χ1n) is 10.3. The first-order valence-corrected chi connectivity index (χ1v) is 10.3. The predicted molar refractivity (Wildman–Crippen MR) is 119 cm³/mol. The molecule has 0 atom stereocenters. The predicted octanol–water partition coefficient (Wildman–Crippen LogP) is 5.17. The Bertz CT molecular complexity index is 1110. The van der Waals surface area contributed by atoms with Crippen LogP contribution in [0.2, 0.25) is 0 Å². The zero-order valence-electron chi connectivity index (χ0n) is 17.2. The fraction of sp³-hybridized carbons (Fsp3) is 0.154. The Morgan fingerprint density at radius 1 is 0.935 bits per heavy atom. The van der Waals surface area contributed by atoms with Crippen LogP contribution in [0, 0.1) is 0 Å². The summed E-state index contributed by atoms with van der Waals surface area (Å²) in [6.45, 7) is 0.859. The zero-order chi connectivity index (χ0) is 21.3. The van der Waals surface area contributed by atoms with Gasteiger partial charge in [-0.2, -0.15) is 0 Å². The van der Waals surface area contributed by atoms with Crippen LogP contribution in [0.1, 0.15) is 23.4 Å². The number of carbonyl (C=O) groups excluding carboxylic acids is 1. The number of furan rings is 1. The van der Waals surface area contributed by atoms with Crippen molar-refractivity contribution in [2.75, 3.05) is 0 Å². The van der Waals surface area contributed by atoms with Crippen LogP contribution >= 0.6 is 0 Å². The van der Waals surface area contributed by atoms with Gasteiger partial charge in [0.2, 0.25) is 5.91 Å². The molecule has 31 heavy (non-hydrogen) atoms. The van der Waals surface area contributed by atoms with Gasteiger partial charge >= 0.3 is 0 Å². The van der Waals surface area contributed by atoms with Crippen molar-refractivity contribution >= 4 is 5.91 Å². The summed E-state index contributed by atoms with van der Waals surface area (Å²) in [5.41, 5.74) is 2.88. The van der Waals surface area contributed by atoms with Crippen LogP contribution in [0.25, 0.3) is 11.3 Å². The lowest BCUT2D eigenvalue weighted by molar-refractivity contribution is -0.121. The summed E-state index contributed by atoms with van der Waals surface area (Å²) in [7, 11) is 0. The lowest BCUT2D eigenvalue weighted by Gasteiger charge is -2.09.